The summed E-state index contributed by atoms with van der Waals surface area (Å²) >= 11 is 0. The molecule has 1 aliphatic carbocycles. The van der Waals surface area contributed by atoms with Crippen LogP contribution in [0.15, 0.2) is 97.1 Å². The molecule has 0 radical (unpaired) electrons. The molecule has 244 valence electrons. The maximum Gasteiger partial charge on any atom is 0.416 e. The molecule has 6 rings (SSSR count). The molecule has 1 saturated heterocycles. The van der Waals surface area contributed by atoms with E-state index in [1.54, 1.807) is 17.0 Å². The van der Waals surface area contributed by atoms with E-state index in [9.17, 15) is 18.0 Å². The Balaban J connectivity index is 1.27. The van der Waals surface area contributed by atoms with Gasteiger partial charge in [-0.1, -0.05) is 60.7 Å². The number of carbonyl (C=O) groups is 1. The highest BCUT2D eigenvalue weighted by Crippen LogP contribution is 2.43. The summed E-state index contributed by atoms with van der Waals surface area (Å²) in [5, 5.41) is 0. The van der Waals surface area contributed by atoms with Crippen LogP contribution in [0.3, 0.4) is 0 Å². The molecule has 0 unspecified atom stereocenters. The van der Waals surface area contributed by atoms with Crippen molar-refractivity contribution in [2.45, 2.75) is 52.0 Å². The summed E-state index contributed by atoms with van der Waals surface area (Å²) in [6.45, 7) is 8.58. The lowest BCUT2D eigenvalue weighted by Crippen LogP contribution is -2.50. The first-order valence-electron chi connectivity index (χ1n) is 16.0. The second-order valence-corrected chi connectivity index (χ2v) is 13.0. The largest absolute Gasteiger partial charge is 0.489 e. The second-order valence-electron chi connectivity index (χ2n) is 13.0. The predicted octanol–water partition coefficient (Wildman–Crippen LogP) is 9.25. The normalized spacial score (nSPS) is 15.4. The molecule has 4 aromatic carbocycles. The highest BCUT2D eigenvalue weighted by molar-refractivity contribution is 6.01. The van der Waals surface area contributed by atoms with Gasteiger partial charge >= 0.3 is 12.3 Å². The number of nitrogens with zero attached hydrogens (tertiary/aromatic N) is 2. The molecule has 0 bridgehead atoms. The van der Waals surface area contributed by atoms with Crippen LogP contribution < -0.4 is 9.64 Å². The lowest BCUT2D eigenvalue weighted by Gasteiger charge is -2.36. The second kappa shape index (κ2) is 13.2. The van der Waals surface area contributed by atoms with Gasteiger partial charge in [-0.05, 0) is 109 Å². The van der Waals surface area contributed by atoms with E-state index in [-0.39, 0.29) is 6.09 Å². The van der Waals surface area contributed by atoms with Gasteiger partial charge < -0.3 is 19.3 Å². The van der Waals surface area contributed by atoms with E-state index in [4.69, 9.17) is 9.47 Å². The third-order valence-corrected chi connectivity index (χ3v) is 8.55. The standard InChI is InChI=1S/C39H39F3N2O3/c1-38(2,3)47-37(45)44-23-21-43(22-24-44)32-16-11-29(12-17-32)36-34(28-9-14-31(15-10-28)39(40,41)42)19-13-30-25-33(18-20-35(30)36)46-26-27-7-5-4-6-8-27/h4-12,14-18,20,25H,13,19,21-24,26H2,1-3H3. The van der Waals surface area contributed by atoms with Gasteiger partial charge in [-0.25, -0.2) is 4.79 Å². The maximum absolute atomic E-state index is 13.4. The van der Waals surface area contributed by atoms with Gasteiger partial charge in [0.1, 0.15) is 18.0 Å². The molecular weight excluding hydrogens is 601 g/mol. The van der Waals surface area contributed by atoms with Gasteiger partial charge in [-0.3, -0.25) is 0 Å². The number of hydrogen-bond acceptors (Lipinski definition) is 4. The minimum absolute atomic E-state index is 0.292. The summed E-state index contributed by atoms with van der Waals surface area (Å²) in [5.41, 5.74) is 6.95. The molecule has 1 aliphatic heterocycles. The van der Waals surface area contributed by atoms with Gasteiger partial charge in [0.15, 0.2) is 0 Å². The van der Waals surface area contributed by atoms with Crippen molar-refractivity contribution in [1.82, 2.24) is 4.90 Å². The number of rotatable bonds is 6. The van der Waals surface area contributed by atoms with E-state index >= 15 is 0 Å². The van der Waals surface area contributed by atoms with Crippen molar-refractivity contribution >= 4 is 22.9 Å². The lowest BCUT2D eigenvalue weighted by molar-refractivity contribution is -0.137. The number of ether oxygens (including phenoxy) is 2. The summed E-state index contributed by atoms with van der Waals surface area (Å²) in [6.07, 6.45) is -3.25. The van der Waals surface area contributed by atoms with Gasteiger partial charge in [0.25, 0.3) is 0 Å². The van der Waals surface area contributed by atoms with Crippen molar-refractivity contribution < 1.29 is 27.4 Å². The number of amides is 1. The number of carbonyl (C=O) groups excluding carboxylic acids is 1. The molecule has 47 heavy (non-hydrogen) atoms. The topological polar surface area (TPSA) is 42.0 Å². The highest BCUT2D eigenvalue weighted by Gasteiger charge is 2.31. The summed E-state index contributed by atoms with van der Waals surface area (Å²) in [7, 11) is 0. The first-order chi connectivity index (χ1) is 22.4. The summed E-state index contributed by atoms with van der Waals surface area (Å²) in [5.74, 6) is 0.783. The molecule has 0 saturated carbocycles. The lowest BCUT2D eigenvalue weighted by atomic mass is 9.79. The van der Waals surface area contributed by atoms with E-state index in [0.717, 1.165) is 69.0 Å². The number of allylic oxidation sites excluding steroid dienone is 1. The van der Waals surface area contributed by atoms with Crippen molar-refractivity contribution in [2.75, 3.05) is 31.1 Å². The molecule has 0 spiro atoms. The Morgan fingerprint density at radius 3 is 2.06 bits per heavy atom. The minimum atomic E-state index is -4.39. The smallest absolute Gasteiger partial charge is 0.416 e. The Kier molecular flexibility index (Phi) is 9.04. The monoisotopic (exact) mass is 640 g/mol. The number of anilines is 1. The van der Waals surface area contributed by atoms with Crippen LogP contribution in [0.25, 0.3) is 11.1 Å². The Hall–Kier alpha value is -4.72. The fourth-order valence-electron chi connectivity index (χ4n) is 6.19. The van der Waals surface area contributed by atoms with Gasteiger partial charge in [-0.2, -0.15) is 13.2 Å². The first-order valence-corrected chi connectivity index (χ1v) is 16.0. The molecule has 8 heteroatoms. The quantitative estimate of drug-likeness (QED) is 0.211. The van der Waals surface area contributed by atoms with Crippen LogP contribution in [0.5, 0.6) is 5.75 Å². The number of aryl methyl sites for hydroxylation is 1. The zero-order valence-corrected chi connectivity index (χ0v) is 26.9. The van der Waals surface area contributed by atoms with Gasteiger partial charge in [-0.15, -0.1) is 0 Å². The van der Waals surface area contributed by atoms with Crippen molar-refractivity contribution in [2.24, 2.45) is 0 Å². The summed E-state index contributed by atoms with van der Waals surface area (Å²) in [4.78, 5) is 16.5. The molecule has 0 N–H and O–H groups in total. The van der Waals surface area contributed by atoms with Crippen LogP contribution in [-0.4, -0.2) is 42.8 Å². The Labute approximate surface area is 274 Å². The molecule has 2 aliphatic rings. The number of fused-ring (bicyclic) bond motifs is 1. The van der Waals surface area contributed by atoms with Crippen LogP contribution >= 0.6 is 0 Å². The molecule has 4 aromatic rings. The minimum Gasteiger partial charge on any atom is -0.489 e. The summed E-state index contributed by atoms with van der Waals surface area (Å²) < 4.78 is 51.8. The van der Waals surface area contributed by atoms with Crippen LogP contribution in [0.1, 0.15) is 60.6 Å². The van der Waals surface area contributed by atoms with Gasteiger partial charge in [0.05, 0.1) is 5.56 Å². The molecule has 1 heterocycles. The maximum atomic E-state index is 13.4. The third kappa shape index (κ3) is 7.64. The number of alkyl halides is 3. The predicted molar refractivity (Wildman–Crippen MR) is 179 cm³/mol. The Bertz CT molecular complexity index is 1730. The average Bonchev–Trinajstić information content (AvgIpc) is 3.06. The van der Waals surface area contributed by atoms with Crippen LogP contribution in [0.4, 0.5) is 23.7 Å². The first kappa shape index (κ1) is 32.2. The van der Waals surface area contributed by atoms with Crippen molar-refractivity contribution in [1.29, 1.82) is 0 Å². The van der Waals surface area contributed by atoms with Crippen LogP contribution in [0.2, 0.25) is 0 Å². The molecule has 1 amide bonds. The van der Waals surface area contributed by atoms with Crippen molar-refractivity contribution in [3.63, 3.8) is 0 Å². The molecule has 1 fully saturated rings. The highest BCUT2D eigenvalue weighted by atomic mass is 19.4. The van der Waals surface area contributed by atoms with Crippen molar-refractivity contribution in [3.8, 4) is 5.75 Å². The molecular formula is C39H39F3N2O3. The SMILES string of the molecule is CC(C)(C)OC(=O)N1CCN(c2ccc(C3=C(c4ccc(C(F)(F)F)cc4)CCc4cc(OCc5ccccc5)ccc43)cc2)CC1. The van der Waals surface area contributed by atoms with Crippen LogP contribution in [0, 0.1) is 0 Å². The van der Waals surface area contributed by atoms with Gasteiger partial charge in [0.2, 0.25) is 0 Å². The van der Waals surface area contributed by atoms with Crippen LogP contribution in [-0.2, 0) is 23.9 Å². The number of piperazine rings is 1. The molecule has 0 aromatic heterocycles. The Morgan fingerprint density at radius 1 is 0.766 bits per heavy atom. The summed E-state index contributed by atoms with van der Waals surface area (Å²) in [6, 6.07) is 30.0. The molecule has 5 nitrogen and oxygen atoms in total. The molecule has 0 atom stereocenters. The van der Waals surface area contributed by atoms with E-state index in [2.05, 4.69) is 41.3 Å². The number of benzene rings is 4. The number of hydrogen-bond donors (Lipinski definition) is 0. The van der Waals surface area contributed by atoms with E-state index in [1.807, 2.05) is 57.2 Å². The fourth-order valence-corrected chi connectivity index (χ4v) is 6.19. The Morgan fingerprint density at radius 2 is 1.43 bits per heavy atom. The van der Waals surface area contributed by atoms with Crippen molar-refractivity contribution in [3.05, 3.63) is 130 Å². The van der Waals surface area contributed by atoms with E-state index in [0.29, 0.717) is 39.2 Å². The fraction of sp³-hybridized carbons (Fsp3) is 0.308. The van der Waals surface area contributed by atoms with E-state index in [1.165, 1.54) is 0 Å². The zero-order valence-electron chi connectivity index (χ0n) is 26.9. The van der Waals surface area contributed by atoms with Gasteiger partial charge in [0, 0.05) is 31.9 Å². The average molecular weight is 641 g/mol. The third-order valence-electron chi connectivity index (χ3n) is 8.55. The number of halogens is 3. The zero-order chi connectivity index (χ0) is 33.2. The van der Waals surface area contributed by atoms with E-state index < -0.39 is 17.3 Å².